The van der Waals surface area contributed by atoms with Crippen LogP contribution in [0.1, 0.15) is 66.4 Å². The Morgan fingerprint density at radius 1 is 1.04 bits per heavy atom. The van der Waals surface area contributed by atoms with E-state index < -0.39 is 28.9 Å². The molecule has 1 aliphatic carbocycles. The molecule has 3 amide bonds. The predicted molar refractivity (Wildman–Crippen MR) is 179 cm³/mol. The maximum atomic E-state index is 13.6. The fourth-order valence-electron chi connectivity index (χ4n) is 5.10. The second-order valence-corrected chi connectivity index (χ2v) is 14.9. The van der Waals surface area contributed by atoms with Crippen LogP contribution in [0.3, 0.4) is 0 Å². The first-order valence-corrected chi connectivity index (χ1v) is 16.2. The third kappa shape index (κ3) is 7.88. The van der Waals surface area contributed by atoms with Gasteiger partial charge in [0.05, 0.1) is 24.4 Å². The Morgan fingerprint density at radius 2 is 1.73 bits per heavy atom. The molecule has 0 spiro atoms. The van der Waals surface area contributed by atoms with Gasteiger partial charge < -0.3 is 29.6 Å². The van der Waals surface area contributed by atoms with E-state index in [0.29, 0.717) is 35.7 Å². The zero-order valence-electron chi connectivity index (χ0n) is 26.2. The van der Waals surface area contributed by atoms with Gasteiger partial charge in [-0.3, -0.25) is 10.1 Å². The Hall–Kier alpha value is -3.40. The number of nitrogens with zero attached hydrogens (tertiary/aromatic N) is 5. The van der Waals surface area contributed by atoms with Gasteiger partial charge in [-0.15, -0.1) is 0 Å². The molecule has 1 atom stereocenters. The van der Waals surface area contributed by atoms with E-state index in [1.807, 2.05) is 16.7 Å². The highest BCUT2D eigenvalue weighted by atomic mass is 127. The van der Waals surface area contributed by atoms with Crippen LogP contribution in [0.5, 0.6) is 0 Å². The first kappa shape index (κ1) is 33.0. The normalized spacial score (nSPS) is 18.5. The molecule has 3 aromatic rings. The second kappa shape index (κ2) is 12.4. The molecule has 2 aromatic heterocycles. The van der Waals surface area contributed by atoms with Crippen molar-refractivity contribution in [1.29, 1.82) is 0 Å². The van der Waals surface area contributed by atoms with Crippen molar-refractivity contribution in [1.82, 2.24) is 30.2 Å². The number of ether oxygens (including phenoxy) is 2. The minimum absolute atomic E-state index is 0.127. The van der Waals surface area contributed by atoms with Crippen molar-refractivity contribution in [3.05, 3.63) is 38.9 Å². The number of fused-ring (bicyclic) bond motifs is 1. The fraction of sp³-hybridized carbons (Fsp3) is 0.533. The highest BCUT2D eigenvalue weighted by Gasteiger charge is 2.48. The zero-order chi connectivity index (χ0) is 32.7. The number of anilines is 2. The SMILES string of the molecule is CC(C)(C)OC(=O)Nc1ncnc2c1ncn2Cc1c(N2CCC(NC(=O)OC(C)(C)C)(C(=O)NC3CC3)C2)ccc(Cl)c1I. The number of aromatic nitrogens is 4. The Labute approximate surface area is 280 Å². The molecule has 1 unspecified atom stereocenters. The molecular weight excluding hydrogens is 715 g/mol. The first-order valence-electron chi connectivity index (χ1n) is 14.7. The number of rotatable bonds is 7. The van der Waals surface area contributed by atoms with Crippen molar-refractivity contribution in [3.63, 3.8) is 0 Å². The number of hydrogen-bond donors (Lipinski definition) is 3. The molecule has 2 fully saturated rings. The van der Waals surface area contributed by atoms with Crippen LogP contribution in [0.4, 0.5) is 21.1 Å². The number of imidazole rings is 1. The van der Waals surface area contributed by atoms with E-state index in [0.717, 1.165) is 27.7 Å². The van der Waals surface area contributed by atoms with Gasteiger partial charge in [0.15, 0.2) is 17.0 Å². The smallest absolute Gasteiger partial charge is 0.413 e. The van der Waals surface area contributed by atoms with Crippen molar-refractivity contribution in [3.8, 4) is 0 Å². The van der Waals surface area contributed by atoms with Gasteiger partial charge in [0, 0.05) is 27.4 Å². The third-order valence-corrected chi connectivity index (χ3v) is 9.08. The van der Waals surface area contributed by atoms with Gasteiger partial charge in [0.2, 0.25) is 5.91 Å². The summed E-state index contributed by atoms with van der Waals surface area (Å²) < 4.78 is 13.6. The number of benzene rings is 1. The lowest BCUT2D eigenvalue weighted by Crippen LogP contribution is -2.61. The number of halogens is 2. The van der Waals surface area contributed by atoms with Crippen molar-refractivity contribution in [2.45, 2.75) is 90.1 Å². The van der Waals surface area contributed by atoms with E-state index in [2.05, 4.69) is 58.4 Å². The largest absolute Gasteiger partial charge is 0.444 e. The fourth-order valence-corrected chi connectivity index (χ4v) is 5.90. The molecule has 242 valence electrons. The summed E-state index contributed by atoms with van der Waals surface area (Å²) >= 11 is 8.83. The highest BCUT2D eigenvalue weighted by molar-refractivity contribution is 14.1. The average molecular weight is 753 g/mol. The number of nitrogens with one attached hydrogen (secondary N) is 3. The Balaban J connectivity index is 1.43. The summed E-state index contributed by atoms with van der Waals surface area (Å²) in [6.07, 6.45) is 3.94. The lowest BCUT2D eigenvalue weighted by molar-refractivity contribution is -0.127. The number of carbonyl (C=O) groups excluding carboxylic acids is 3. The molecule has 45 heavy (non-hydrogen) atoms. The number of amides is 3. The van der Waals surface area contributed by atoms with Crippen molar-refractivity contribution in [2.24, 2.45) is 0 Å². The quantitative estimate of drug-likeness (QED) is 0.276. The molecule has 15 heteroatoms. The molecule has 2 aliphatic rings. The van der Waals surface area contributed by atoms with Crippen molar-refractivity contribution in [2.75, 3.05) is 23.3 Å². The van der Waals surface area contributed by atoms with Crippen LogP contribution < -0.4 is 20.9 Å². The number of hydrogen-bond acceptors (Lipinski definition) is 9. The Kier molecular flexibility index (Phi) is 9.10. The van der Waals surface area contributed by atoms with Crippen molar-refractivity contribution < 1.29 is 23.9 Å². The van der Waals surface area contributed by atoms with E-state index in [9.17, 15) is 14.4 Å². The van der Waals surface area contributed by atoms with E-state index >= 15 is 0 Å². The molecule has 1 aromatic carbocycles. The Bertz CT molecular complexity index is 1630. The molecule has 3 N–H and O–H groups in total. The zero-order valence-corrected chi connectivity index (χ0v) is 29.1. The second-order valence-electron chi connectivity index (χ2n) is 13.4. The molecule has 0 bridgehead atoms. The van der Waals surface area contributed by atoms with Gasteiger partial charge in [-0.05, 0) is 95.5 Å². The number of alkyl carbamates (subject to hydrolysis) is 1. The molecule has 1 saturated carbocycles. The van der Waals surface area contributed by atoms with Gasteiger partial charge >= 0.3 is 12.2 Å². The maximum Gasteiger partial charge on any atom is 0.413 e. The standard InChI is InChI=1S/C30H38ClIN8O5/c1-28(2,3)44-26(42)37-23-22-24(34-15-33-23)40(16-35-22)13-18-20(10-9-19(31)21(18)32)39-12-11-30(14-39,25(41)36-17-7-8-17)38-27(43)45-29(4,5)6/h9-10,15-17H,7-8,11-14H2,1-6H3,(H,36,41)(H,38,43)(H,33,34,37,42). The van der Waals surface area contributed by atoms with E-state index in [1.54, 1.807) is 47.9 Å². The summed E-state index contributed by atoms with van der Waals surface area (Å²) in [5, 5.41) is 9.22. The summed E-state index contributed by atoms with van der Waals surface area (Å²) in [6.45, 7) is 11.8. The average Bonchev–Trinajstić information content (AvgIpc) is 3.47. The van der Waals surface area contributed by atoms with Crippen LogP contribution in [0.2, 0.25) is 5.02 Å². The summed E-state index contributed by atoms with van der Waals surface area (Å²) in [7, 11) is 0. The monoisotopic (exact) mass is 752 g/mol. The minimum Gasteiger partial charge on any atom is -0.444 e. The van der Waals surface area contributed by atoms with Crippen LogP contribution in [0, 0.1) is 3.57 Å². The molecule has 1 aliphatic heterocycles. The van der Waals surface area contributed by atoms with Crippen LogP contribution in [-0.2, 0) is 20.8 Å². The third-order valence-electron chi connectivity index (χ3n) is 7.22. The number of carbonyl (C=O) groups is 3. The van der Waals surface area contributed by atoms with Gasteiger partial charge in [-0.2, -0.15) is 0 Å². The first-order chi connectivity index (χ1) is 21.0. The van der Waals surface area contributed by atoms with Gasteiger partial charge in [-0.25, -0.2) is 24.5 Å². The Morgan fingerprint density at radius 3 is 2.40 bits per heavy atom. The topological polar surface area (TPSA) is 153 Å². The molecule has 3 heterocycles. The molecule has 13 nitrogen and oxygen atoms in total. The lowest BCUT2D eigenvalue weighted by atomic mass is 9.97. The minimum atomic E-state index is -1.18. The molecule has 0 radical (unpaired) electrons. The van der Waals surface area contributed by atoms with E-state index in [-0.39, 0.29) is 24.3 Å². The van der Waals surface area contributed by atoms with Gasteiger partial charge in [-0.1, -0.05) is 11.6 Å². The summed E-state index contributed by atoms with van der Waals surface area (Å²) in [4.78, 5) is 54.2. The summed E-state index contributed by atoms with van der Waals surface area (Å²) in [5.74, 6) is 0.0131. The summed E-state index contributed by atoms with van der Waals surface area (Å²) in [6, 6.07) is 3.87. The van der Waals surface area contributed by atoms with Gasteiger partial charge in [0.25, 0.3) is 0 Å². The maximum absolute atomic E-state index is 13.6. The van der Waals surface area contributed by atoms with Gasteiger partial charge in [0.1, 0.15) is 23.1 Å². The molecule has 5 rings (SSSR count). The predicted octanol–water partition coefficient (Wildman–Crippen LogP) is 5.23. The van der Waals surface area contributed by atoms with Crippen LogP contribution in [0.15, 0.2) is 24.8 Å². The van der Waals surface area contributed by atoms with Crippen molar-refractivity contribution >= 4 is 75.0 Å². The highest BCUT2D eigenvalue weighted by Crippen LogP contribution is 2.36. The lowest BCUT2D eigenvalue weighted by Gasteiger charge is -2.31. The van der Waals surface area contributed by atoms with Crippen LogP contribution in [0.25, 0.3) is 11.2 Å². The van der Waals surface area contributed by atoms with E-state index in [4.69, 9.17) is 21.1 Å². The van der Waals surface area contributed by atoms with Crippen LogP contribution >= 0.6 is 34.2 Å². The molecular formula is C30H38ClIN8O5. The van der Waals surface area contributed by atoms with E-state index in [1.165, 1.54) is 6.33 Å². The van der Waals surface area contributed by atoms with Crippen LogP contribution in [-0.4, -0.2) is 73.5 Å². The molecule has 1 saturated heterocycles. The summed E-state index contributed by atoms with van der Waals surface area (Å²) in [5.41, 5.74) is 0.0881.